The van der Waals surface area contributed by atoms with Crippen LogP contribution in [0.5, 0.6) is 0 Å². The van der Waals surface area contributed by atoms with Crippen LogP contribution >= 0.6 is 0 Å². The molecule has 19 heavy (non-hydrogen) atoms. The van der Waals surface area contributed by atoms with E-state index in [0.717, 1.165) is 20.8 Å². The second-order valence-electron chi connectivity index (χ2n) is 4.36. The fourth-order valence-corrected chi connectivity index (χ4v) is 4.27. The SMILES string of the molecule is O=c1c2ccccc2[se]n1Cc1ccccc1CO. The molecule has 2 aromatic carbocycles. The molecule has 0 unspecified atom stereocenters. The van der Waals surface area contributed by atoms with Gasteiger partial charge in [-0.2, -0.15) is 0 Å². The molecule has 1 N–H and O–H groups in total. The summed E-state index contributed by atoms with van der Waals surface area (Å²) in [5, 5.41) is 10.2. The topological polar surface area (TPSA) is 42.2 Å². The van der Waals surface area contributed by atoms with Crippen LogP contribution in [-0.4, -0.2) is 23.4 Å². The minimum absolute atomic E-state index is 0.0121. The van der Waals surface area contributed by atoms with Crippen LogP contribution in [0, 0.1) is 0 Å². The molecule has 96 valence electrons. The Morgan fingerprint density at radius 2 is 1.68 bits per heavy atom. The number of aliphatic hydroxyl groups is 1. The average molecular weight is 318 g/mol. The Morgan fingerprint density at radius 1 is 1.00 bits per heavy atom. The van der Waals surface area contributed by atoms with E-state index in [-0.39, 0.29) is 26.9 Å². The molecule has 0 fully saturated rings. The molecule has 3 nitrogen and oxygen atoms in total. The summed E-state index contributed by atoms with van der Waals surface area (Å²) in [6, 6.07) is 15.5. The predicted molar refractivity (Wildman–Crippen MR) is 76.6 cm³/mol. The summed E-state index contributed by atoms with van der Waals surface area (Å²) < 4.78 is 3.02. The number of aromatic nitrogens is 1. The maximum absolute atomic E-state index is 12.3. The molecule has 0 radical (unpaired) electrons. The summed E-state index contributed by atoms with van der Waals surface area (Å²) in [6.45, 7) is 0.586. The number of fused-ring (bicyclic) bond motifs is 1. The molecule has 3 rings (SSSR count). The van der Waals surface area contributed by atoms with E-state index in [1.54, 1.807) is 0 Å². The third kappa shape index (κ3) is 2.30. The minimum atomic E-state index is 0.0121. The standard InChI is InChI=1S/C15H13NO2Se/c17-10-12-6-2-1-5-11(12)9-16-15(18)13-7-3-4-8-14(13)19-16/h1-8,17H,9-10H2. The molecular formula is C15H13NO2Se. The van der Waals surface area contributed by atoms with E-state index in [9.17, 15) is 9.90 Å². The van der Waals surface area contributed by atoms with Crippen molar-refractivity contribution in [2.24, 2.45) is 0 Å². The summed E-state index contributed by atoms with van der Waals surface area (Å²) in [6.07, 6.45) is 0. The normalized spacial score (nSPS) is 11.0. The van der Waals surface area contributed by atoms with Gasteiger partial charge in [-0.3, -0.25) is 0 Å². The van der Waals surface area contributed by atoms with Gasteiger partial charge in [0.1, 0.15) is 0 Å². The number of hydrogen-bond donors (Lipinski definition) is 1. The number of benzene rings is 2. The van der Waals surface area contributed by atoms with Crippen molar-refractivity contribution in [2.45, 2.75) is 13.2 Å². The van der Waals surface area contributed by atoms with Crippen molar-refractivity contribution >= 4 is 24.4 Å². The van der Waals surface area contributed by atoms with Crippen LogP contribution in [0.25, 0.3) is 9.65 Å². The van der Waals surface area contributed by atoms with E-state index in [0.29, 0.717) is 6.54 Å². The Labute approximate surface area is 116 Å². The van der Waals surface area contributed by atoms with E-state index < -0.39 is 0 Å². The summed E-state index contributed by atoms with van der Waals surface area (Å²) in [4.78, 5) is 12.3. The molecule has 0 aliphatic carbocycles. The number of hydrogen-bond acceptors (Lipinski definition) is 2. The van der Waals surface area contributed by atoms with Crippen molar-refractivity contribution in [3.05, 3.63) is 70.0 Å². The van der Waals surface area contributed by atoms with Crippen molar-refractivity contribution in [3.63, 3.8) is 0 Å². The summed E-state index contributed by atoms with van der Waals surface area (Å²) in [7, 11) is 0. The van der Waals surface area contributed by atoms with Gasteiger partial charge in [0.05, 0.1) is 0 Å². The van der Waals surface area contributed by atoms with Gasteiger partial charge in [0, 0.05) is 0 Å². The first-order chi connectivity index (χ1) is 9.29. The molecule has 0 saturated heterocycles. The van der Waals surface area contributed by atoms with E-state index in [2.05, 4.69) is 0 Å². The zero-order valence-electron chi connectivity index (χ0n) is 10.2. The van der Waals surface area contributed by atoms with Gasteiger partial charge < -0.3 is 0 Å². The predicted octanol–water partition coefficient (Wildman–Crippen LogP) is 1.60. The fourth-order valence-electron chi connectivity index (χ4n) is 2.14. The van der Waals surface area contributed by atoms with Gasteiger partial charge in [-0.15, -0.1) is 0 Å². The maximum atomic E-state index is 12.3. The molecule has 3 aromatic rings. The van der Waals surface area contributed by atoms with Crippen molar-refractivity contribution in [1.29, 1.82) is 0 Å². The summed E-state index contributed by atoms with van der Waals surface area (Å²) in [5.41, 5.74) is 2.01. The Morgan fingerprint density at radius 3 is 2.42 bits per heavy atom. The van der Waals surface area contributed by atoms with Crippen LogP contribution in [0.4, 0.5) is 0 Å². The Balaban J connectivity index is 2.06. The number of aliphatic hydroxyl groups excluding tert-OH is 1. The van der Waals surface area contributed by atoms with Crippen molar-refractivity contribution in [2.75, 3.05) is 0 Å². The molecule has 4 heteroatoms. The van der Waals surface area contributed by atoms with Gasteiger partial charge >= 0.3 is 116 Å². The van der Waals surface area contributed by atoms with Crippen LogP contribution in [-0.2, 0) is 13.2 Å². The Bertz CT molecular complexity index is 773. The zero-order valence-corrected chi connectivity index (χ0v) is 12.0. The first kappa shape index (κ1) is 12.4. The van der Waals surface area contributed by atoms with Gasteiger partial charge in [-0.1, -0.05) is 0 Å². The fraction of sp³-hybridized carbons (Fsp3) is 0.133. The molecule has 1 aromatic heterocycles. The monoisotopic (exact) mass is 319 g/mol. The van der Waals surface area contributed by atoms with Crippen LogP contribution in [0.15, 0.2) is 53.3 Å². The zero-order chi connectivity index (χ0) is 13.2. The van der Waals surface area contributed by atoms with Crippen LogP contribution < -0.4 is 5.56 Å². The second-order valence-corrected chi connectivity index (χ2v) is 6.59. The van der Waals surface area contributed by atoms with Crippen LogP contribution in [0.2, 0.25) is 0 Å². The number of rotatable bonds is 3. The van der Waals surface area contributed by atoms with Crippen molar-refractivity contribution in [3.8, 4) is 0 Å². The van der Waals surface area contributed by atoms with Gasteiger partial charge in [0.2, 0.25) is 0 Å². The molecule has 0 saturated carbocycles. The summed E-state index contributed by atoms with van der Waals surface area (Å²) >= 11 is 0.0379. The average Bonchev–Trinajstić information content (AvgIpc) is 2.77. The molecule has 0 aliphatic heterocycles. The van der Waals surface area contributed by atoms with Crippen molar-refractivity contribution < 1.29 is 5.11 Å². The van der Waals surface area contributed by atoms with Crippen LogP contribution in [0.1, 0.15) is 11.1 Å². The number of nitrogens with zero attached hydrogens (tertiary/aromatic N) is 1. The Hall–Kier alpha value is -1.61. The van der Waals surface area contributed by atoms with E-state index in [4.69, 9.17) is 0 Å². The molecule has 0 aliphatic rings. The van der Waals surface area contributed by atoms with Gasteiger partial charge in [0.15, 0.2) is 0 Å². The molecule has 1 heterocycles. The van der Waals surface area contributed by atoms with Gasteiger partial charge in [0.25, 0.3) is 0 Å². The first-order valence-corrected chi connectivity index (χ1v) is 7.68. The van der Waals surface area contributed by atoms with Gasteiger partial charge in [-0.05, 0) is 0 Å². The Kier molecular flexibility index (Phi) is 3.38. The molecule has 0 amide bonds. The first-order valence-electron chi connectivity index (χ1n) is 6.06. The molecule has 0 spiro atoms. The molecule has 0 atom stereocenters. The van der Waals surface area contributed by atoms with Gasteiger partial charge in [-0.25, -0.2) is 0 Å². The van der Waals surface area contributed by atoms with E-state index in [1.807, 2.05) is 52.1 Å². The van der Waals surface area contributed by atoms with E-state index >= 15 is 0 Å². The quantitative estimate of drug-likeness (QED) is 0.746. The third-order valence-electron chi connectivity index (χ3n) is 3.16. The van der Waals surface area contributed by atoms with Crippen LogP contribution in [0.3, 0.4) is 0 Å². The molecule has 0 bridgehead atoms. The van der Waals surface area contributed by atoms with Crippen molar-refractivity contribution in [1.82, 2.24) is 3.56 Å². The summed E-state index contributed by atoms with van der Waals surface area (Å²) in [5.74, 6) is 0. The third-order valence-corrected chi connectivity index (χ3v) is 5.40. The second kappa shape index (κ2) is 5.17. The molecular weight excluding hydrogens is 305 g/mol. The van der Waals surface area contributed by atoms with E-state index in [1.165, 1.54) is 0 Å².